The van der Waals surface area contributed by atoms with Crippen molar-refractivity contribution < 1.29 is 13.5 Å². The number of hydrogen-bond acceptors (Lipinski definition) is 4. The molecule has 0 aromatic carbocycles. The van der Waals surface area contributed by atoms with Crippen molar-refractivity contribution in [1.29, 1.82) is 0 Å². The Labute approximate surface area is 111 Å². The summed E-state index contributed by atoms with van der Waals surface area (Å²) in [5.41, 5.74) is 0. The van der Waals surface area contributed by atoms with Crippen molar-refractivity contribution in [3.63, 3.8) is 0 Å². The number of rotatable bonds is 6. The van der Waals surface area contributed by atoms with Gasteiger partial charge in [-0.3, -0.25) is 0 Å². The molecule has 1 aromatic rings. The van der Waals surface area contributed by atoms with Crippen LogP contribution in [0.1, 0.15) is 26.2 Å². The van der Waals surface area contributed by atoms with E-state index in [9.17, 15) is 8.78 Å². The van der Waals surface area contributed by atoms with E-state index in [1.165, 1.54) is 0 Å². The van der Waals surface area contributed by atoms with Crippen molar-refractivity contribution in [3.8, 4) is 0 Å². The Morgan fingerprint density at radius 3 is 2.68 bits per heavy atom. The van der Waals surface area contributed by atoms with Gasteiger partial charge >= 0.3 is 0 Å². The maximum absolute atomic E-state index is 13.6. The monoisotopic (exact) mass is 271 g/mol. The third kappa shape index (κ3) is 3.76. The molecule has 1 aromatic heterocycles. The van der Waals surface area contributed by atoms with Crippen molar-refractivity contribution in [3.05, 3.63) is 17.7 Å². The van der Waals surface area contributed by atoms with Crippen LogP contribution in [0.5, 0.6) is 0 Å². The molecule has 1 saturated heterocycles. The van der Waals surface area contributed by atoms with Crippen LogP contribution in [0.4, 0.5) is 20.4 Å². The largest absolute Gasteiger partial charge is 0.376 e. The van der Waals surface area contributed by atoms with E-state index in [0.29, 0.717) is 13.1 Å². The zero-order valence-corrected chi connectivity index (χ0v) is 11.0. The molecule has 6 heteroatoms. The van der Waals surface area contributed by atoms with Crippen LogP contribution in [0.15, 0.2) is 6.07 Å². The third-order valence-corrected chi connectivity index (χ3v) is 2.99. The number of halogens is 2. The minimum absolute atomic E-state index is 0.0653. The quantitative estimate of drug-likeness (QED) is 0.835. The Balaban J connectivity index is 2.01. The second-order valence-corrected chi connectivity index (χ2v) is 4.59. The summed E-state index contributed by atoms with van der Waals surface area (Å²) in [5.74, 6) is -1.21. The first kappa shape index (κ1) is 14.0. The Morgan fingerprint density at radius 1 is 1.32 bits per heavy atom. The fraction of sp³-hybridized carbons (Fsp3) is 0.615. The standard InChI is InChI=1S/C13H19F2N3O/c1-2-5-16-12-10(14)7-11(15)13(18-12)17-8-9-4-3-6-19-9/h7,9H,2-6,8H2,1H3,(H2,16,17,18). The van der Waals surface area contributed by atoms with Crippen LogP contribution < -0.4 is 10.6 Å². The Hall–Kier alpha value is -1.43. The summed E-state index contributed by atoms with van der Waals surface area (Å²) >= 11 is 0. The van der Waals surface area contributed by atoms with Crippen LogP contribution in [0.3, 0.4) is 0 Å². The summed E-state index contributed by atoms with van der Waals surface area (Å²) in [6.45, 7) is 3.80. The average molecular weight is 271 g/mol. The molecule has 0 amide bonds. The maximum Gasteiger partial charge on any atom is 0.168 e. The second kappa shape index (κ2) is 6.65. The number of aromatic nitrogens is 1. The highest BCUT2D eigenvalue weighted by Gasteiger charge is 2.17. The fourth-order valence-electron chi connectivity index (χ4n) is 1.97. The van der Waals surface area contributed by atoms with Crippen molar-refractivity contribution in [2.75, 3.05) is 30.3 Å². The van der Waals surface area contributed by atoms with E-state index in [0.717, 1.165) is 31.9 Å². The second-order valence-electron chi connectivity index (χ2n) is 4.59. The molecular weight excluding hydrogens is 252 g/mol. The van der Waals surface area contributed by atoms with E-state index >= 15 is 0 Å². The topological polar surface area (TPSA) is 46.2 Å². The predicted molar refractivity (Wildman–Crippen MR) is 70.4 cm³/mol. The molecule has 0 aliphatic carbocycles. The van der Waals surface area contributed by atoms with Crippen molar-refractivity contribution in [2.45, 2.75) is 32.3 Å². The zero-order chi connectivity index (χ0) is 13.7. The van der Waals surface area contributed by atoms with E-state index in [2.05, 4.69) is 15.6 Å². The number of hydrogen-bond donors (Lipinski definition) is 2. The molecule has 4 nitrogen and oxygen atoms in total. The maximum atomic E-state index is 13.6. The molecule has 1 aliphatic rings. The first-order valence-electron chi connectivity index (χ1n) is 6.66. The Kier molecular flexibility index (Phi) is 4.90. The number of ether oxygens (including phenoxy) is 1. The normalized spacial score (nSPS) is 18.6. The lowest BCUT2D eigenvalue weighted by Gasteiger charge is -2.13. The summed E-state index contributed by atoms with van der Waals surface area (Å²) in [6.07, 6.45) is 2.90. The van der Waals surface area contributed by atoms with Crippen molar-refractivity contribution in [1.82, 2.24) is 4.98 Å². The lowest BCUT2D eigenvalue weighted by molar-refractivity contribution is 0.120. The Bertz CT molecular complexity index is 423. The lowest BCUT2D eigenvalue weighted by Crippen LogP contribution is -2.20. The van der Waals surface area contributed by atoms with Gasteiger partial charge in [0.2, 0.25) is 0 Å². The minimum atomic E-state index is -0.683. The molecule has 1 aliphatic heterocycles. The molecule has 106 valence electrons. The van der Waals surface area contributed by atoms with E-state index in [4.69, 9.17) is 4.74 Å². The van der Waals surface area contributed by atoms with Gasteiger partial charge in [-0.15, -0.1) is 0 Å². The first-order valence-corrected chi connectivity index (χ1v) is 6.66. The van der Waals surface area contributed by atoms with Crippen LogP contribution in [0, 0.1) is 11.6 Å². The molecule has 19 heavy (non-hydrogen) atoms. The summed E-state index contributed by atoms with van der Waals surface area (Å²) in [7, 11) is 0. The molecular formula is C13H19F2N3O. The van der Waals surface area contributed by atoms with Crippen molar-refractivity contribution in [2.24, 2.45) is 0 Å². The average Bonchev–Trinajstić information content (AvgIpc) is 2.90. The van der Waals surface area contributed by atoms with E-state index < -0.39 is 11.6 Å². The molecule has 2 rings (SSSR count). The van der Waals surface area contributed by atoms with Gasteiger partial charge in [-0.25, -0.2) is 13.8 Å². The number of nitrogens with one attached hydrogen (secondary N) is 2. The number of anilines is 2. The highest BCUT2D eigenvalue weighted by Crippen LogP contribution is 2.20. The predicted octanol–water partition coefficient (Wildman–Crippen LogP) is 2.77. The number of pyridine rings is 1. The molecule has 2 N–H and O–H groups in total. The van der Waals surface area contributed by atoms with Crippen LogP contribution in [-0.4, -0.2) is 30.8 Å². The van der Waals surface area contributed by atoms with Crippen LogP contribution >= 0.6 is 0 Å². The minimum Gasteiger partial charge on any atom is -0.376 e. The Morgan fingerprint density at radius 2 is 2.05 bits per heavy atom. The van der Waals surface area contributed by atoms with Crippen LogP contribution in [0.2, 0.25) is 0 Å². The smallest absolute Gasteiger partial charge is 0.168 e. The van der Waals surface area contributed by atoms with E-state index in [1.54, 1.807) is 0 Å². The van der Waals surface area contributed by atoms with Gasteiger partial charge in [-0.05, 0) is 19.3 Å². The molecule has 2 heterocycles. The molecule has 1 fully saturated rings. The molecule has 0 radical (unpaired) electrons. The molecule has 0 saturated carbocycles. The molecule has 1 atom stereocenters. The molecule has 1 unspecified atom stereocenters. The van der Waals surface area contributed by atoms with Crippen LogP contribution in [0.25, 0.3) is 0 Å². The molecule has 0 bridgehead atoms. The molecule has 0 spiro atoms. The van der Waals surface area contributed by atoms with E-state index in [-0.39, 0.29) is 17.7 Å². The fourth-order valence-corrected chi connectivity index (χ4v) is 1.97. The van der Waals surface area contributed by atoms with Crippen LogP contribution in [-0.2, 0) is 4.74 Å². The summed E-state index contributed by atoms with van der Waals surface area (Å²) < 4.78 is 32.5. The number of nitrogens with zero attached hydrogens (tertiary/aromatic N) is 1. The highest BCUT2D eigenvalue weighted by molar-refractivity contribution is 5.47. The van der Waals surface area contributed by atoms with Gasteiger partial charge in [0.05, 0.1) is 6.10 Å². The lowest BCUT2D eigenvalue weighted by atomic mass is 10.2. The third-order valence-electron chi connectivity index (χ3n) is 2.99. The summed E-state index contributed by atoms with van der Waals surface area (Å²) in [5, 5.41) is 5.72. The summed E-state index contributed by atoms with van der Waals surface area (Å²) in [4.78, 5) is 3.94. The van der Waals surface area contributed by atoms with Gasteiger partial charge in [0, 0.05) is 25.8 Å². The zero-order valence-electron chi connectivity index (χ0n) is 11.0. The highest BCUT2D eigenvalue weighted by atomic mass is 19.1. The van der Waals surface area contributed by atoms with Gasteiger partial charge < -0.3 is 15.4 Å². The van der Waals surface area contributed by atoms with E-state index in [1.807, 2.05) is 6.92 Å². The summed E-state index contributed by atoms with van der Waals surface area (Å²) in [6, 6.07) is 0.850. The SMILES string of the molecule is CCCNc1nc(NCC2CCCO2)c(F)cc1F. The van der Waals surface area contributed by atoms with Gasteiger partial charge in [0.15, 0.2) is 23.3 Å². The van der Waals surface area contributed by atoms with Gasteiger partial charge in [-0.1, -0.05) is 6.92 Å². The van der Waals surface area contributed by atoms with Crippen molar-refractivity contribution >= 4 is 11.6 Å². The first-order chi connectivity index (χ1) is 9.20. The van der Waals surface area contributed by atoms with Gasteiger partial charge in [0.25, 0.3) is 0 Å². The van der Waals surface area contributed by atoms with Gasteiger partial charge in [-0.2, -0.15) is 0 Å². The van der Waals surface area contributed by atoms with Gasteiger partial charge in [0.1, 0.15) is 0 Å².